The Balaban J connectivity index is 2.55. The van der Waals surface area contributed by atoms with Crippen LogP contribution in [0.1, 0.15) is 24.3 Å². The molecule has 1 rings (SSSR count). The maximum atomic E-state index is 11.6. The van der Waals surface area contributed by atoms with E-state index >= 15 is 0 Å². The molecule has 0 saturated carbocycles. The van der Waals surface area contributed by atoms with Gasteiger partial charge >= 0.3 is 5.97 Å². The van der Waals surface area contributed by atoms with Crippen molar-refractivity contribution < 1.29 is 14.7 Å². The van der Waals surface area contributed by atoms with Crippen molar-refractivity contribution in [3.8, 4) is 0 Å². The Morgan fingerprint density at radius 3 is 2.59 bits per heavy atom. The standard InChI is InChI=1S/C11H17N3O3/c1-7(2)8(11(16)17)6-12-10(15)9-4-5-14(3)13-9/h4-5,7-8H,6H2,1-3H3,(H,12,15)(H,16,17). The fourth-order valence-electron chi connectivity index (χ4n) is 1.44. The molecule has 2 N–H and O–H groups in total. The van der Waals surface area contributed by atoms with Gasteiger partial charge in [-0.2, -0.15) is 5.10 Å². The van der Waals surface area contributed by atoms with Crippen LogP contribution >= 0.6 is 0 Å². The Morgan fingerprint density at radius 2 is 2.18 bits per heavy atom. The second-order valence-electron chi connectivity index (χ2n) is 4.27. The van der Waals surface area contributed by atoms with Crippen LogP contribution in [0.25, 0.3) is 0 Å². The Morgan fingerprint density at radius 1 is 1.53 bits per heavy atom. The number of carbonyl (C=O) groups excluding carboxylic acids is 1. The van der Waals surface area contributed by atoms with E-state index in [0.717, 1.165) is 0 Å². The van der Waals surface area contributed by atoms with E-state index in [-0.39, 0.29) is 18.4 Å². The van der Waals surface area contributed by atoms with Crippen LogP contribution in [0.4, 0.5) is 0 Å². The molecule has 0 bridgehead atoms. The highest BCUT2D eigenvalue weighted by Crippen LogP contribution is 2.09. The quantitative estimate of drug-likeness (QED) is 0.784. The number of aliphatic carboxylic acids is 1. The Hall–Kier alpha value is -1.85. The largest absolute Gasteiger partial charge is 0.481 e. The van der Waals surface area contributed by atoms with Crippen molar-refractivity contribution >= 4 is 11.9 Å². The number of carbonyl (C=O) groups is 2. The van der Waals surface area contributed by atoms with E-state index in [1.54, 1.807) is 19.3 Å². The number of nitrogens with zero attached hydrogens (tertiary/aromatic N) is 2. The minimum absolute atomic E-state index is 0.0310. The summed E-state index contributed by atoms with van der Waals surface area (Å²) in [7, 11) is 1.71. The summed E-state index contributed by atoms with van der Waals surface area (Å²) in [6.07, 6.45) is 1.66. The maximum Gasteiger partial charge on any atom is 0.308 e. The van der Waals surface area contributed by atoms with Gasteiger partial charge in [0.15, 0.2) is 0 Å². The lowest BCUT2D eigenvalue weighted by Crippen LogP contribution is -2.35. The SMILES string of the molecule is CC(C)C(CNC(=O)c1ccn(C)n1)C(=O)O. The smallest absolute Gasteiger partial charge is 0.308 e. The molecule has 94 valence electrons. The lowest BCUT2D eigenvalue weighted by molar-refractivity contribution is -0.142. The monoisotopic (exact) mass is 239 g/mol. The third-order valence-corrected chi connectivity index (χ3v) is 2.55. The zero-order valence-corrected chi connectivity index (χ0v) is 10.2. The van der Waals surface area contributed by atoms with Crippen molar-refractivity contribution in [1.29, 1.82) is 0 Å². The van der Waals surface area contributed by atoms with Crippen molar-refractivity contribution in [2.75, 3.05) is 6.54 Å². The van der Waals surface area contributed by atoms with Crippen molar-refractivity contribution in [1.82, 2.24) is 15.1 Å². The van der Waals surface area contributed by atoms with Crippen LogP contribution in [-0.4, -0.2) is 33.3 Å². The molecular weight excluding hydrogens is 222 g/mol. The van der Waals surface area contributed by atoms with Crippen LogP contribution in [0.15, 0.2) is 12.3 Å². The number of aromatic nitrogens is 2. The molecule has 6 nitrogen and oxygen atoms in total. The van der Waals surface area contributed by atoms with Gasteiger partial charge in [0.05, 0.1) is 5.92 Å². The summed E-state index contributed by atoms with van der Waals surface area (Å²) in [6.45, 7) is 3.74. The predicted molar refractivity (Wildman–Crippen MR) is 61.5 cm³/mol. The minimum Gasteiger partial charge on any atom is -0.481 e. The number of nitrogens with one attached hydrogen (secondary N) is 1. The minimum atomic E-state index is -0.902. The third kappa shape index (κ3) is 3.58. The molecule has 0 fully saturated rings. The third-order valence-electron chi connectivity index (χ3n) is 2.55. The molecular formula is C11H17N3O3. The highest BCUT2D eigenvalue weighted by Gasteiger charge is 2.22. The van der Waals surface area contributed by atoms with E-state index in [1.807, 2.05) is 13.8 Å². The number of hydrogen-bond donors (Lipinski definition) is 2. The van der Waals surface area contributed by atoms with Crippen LogP contribution in [-0.2, 0) is 11.8 Å². The Bertz CT molecular complexity index is 412. The predicted octanol–water partition coefficient (Wildman–Crippen LogP) is 0.507. The lowest BCUT2D eigenvalue weighted by Gasteiger charge is -2.16. The molecule has 0 aliphatic carbocycles. The van der Waals surface area contributed by atoms with Gasteiger partial charge in [0.25, 0.3) is 5.91 Å². The van der Waals surface area contributed by atoms with E-state index in [1.165, 1.54) is 4.68 Å². The van der Waals surface area contributed by atoms with Gasteiger partial charge in [0, 0.05) is 19.8 Å². The van der Waals surface area contributed by atoms with E-state index in [0.29, 0.717) is 5.69 Å². The van der Waals surface area contributed by atoms with Crippen LogP contribution in [0.2, 0.25) is 0 Å². The molecule has 17 heavy (non-hydrogen) atoms. The highest BCUT2D eigenvalue weighted by molar-refractivity contribution is 5.92. The fourth-order valence-corrected chi connectivity index (χ4v) is 1.44. The highest BCUT2D eigenvalue weighted by atomic mass is 16.4. The van der Waals surface area contributed by atoms with Crippen LogP contribution in [0, 0.1) is 11.8 Å². The van der Waals surface area contributed by atoms with Gasteiger partial charge in [-0.3, -0.25) is 14.3 Å². The van der Waals surface area contributed by atoms with Gasteiger partial charge in [0.2, 0.25) is 0 Å². The van der Waals surface area contributed by atoms with Crippen LogP contribution < -0.4 is 5.32 Å². The van der Waals surface area contributed by atoms with E-state index < -0.39 is 11.9 Å². The Labute approximate surface area is 99.6 Å². The van der Waals surface area contributed by atoms with Gasteiger partial charge in [-0.15, -0.1) is 0 Å². The molecule has 1 aromatic heterocycles. The molecule has 1 heterocycles. The second kappa shape index (κ2) is 5.47. The van der Waals surface area contributed by atoms with Gasteiger partial charge < -0.3 is 10.4 Å². The average Bonchev–Trinajstić information content (AvgIpc) is 2.63. The average molecular weight is 239 g/mol. The van der Waals surface area contributed by atoms with E-state index in [4.69, 9.17) is 5.11 Å². The molecule has 0 radical (unpaired) electrons. The maximum absolute atomic E-state index is 11.6. The molecule has 0 aliphatic rings. The first-order valence-corrected chi connectivity index (χ1v) is 5.42. The van der Waals surface area contributed by atoms with E-state index in [2.05, 4.69) is 10.4 Å². The molecule has 1 unspecified atom stereocenters. The summed E-state index contributed by atoms with van der Waals surface area (Å²) in [6, 6.07) is 1.58. The first-order valence-electron chi connectivity index (χ1n) is 5.42. The normalized spacial score (nSPS) is 12.5. The topological polar surface area (TPSA) is 84.2 Å². The number of amides is 1. The second-order valence-corrected chi connectivity index (χ2v) is 4.27. The van der Waals surface area contributed by atoms with Crippen molar-refractivity contribution in [2.45, 2.75) is 13.8 Å². The molecule has 1 atom stereocenters. The number of rotatable bonds is 5. The van der Waals surface area contributed by atoms with Crippen molar-refractivity contribution in [2.24, 2.45) is 18.9 Å². The summed E-state index contributed by atoms with van der Waals surface area (Å²) in [5, 5.41) is 15.5. The molecule has 0 aliphatic heterocycles. The zero-order valence-electron chi connectivity index (χ0n) is 10.2. The van der Waals surface area contributed by atoms with Gasteiger partial charge in [-0.1, -0.05) is 13.8 Å². The number of hydrogen-bond acceptors (Lipinski definition) is 3. The molecule has 1 aromatic rings. The van der Waals surface area contributed by atoms with Crippen LogP contribution in [0.3, 0.4) is 0 Å². The molecule has 0 saturated heterocycles. The van der Waals surface area contributed by atoms with Gasteiger partial charge in [-0.25, -0.2) is 0 Å². The first kappa shape index (κ1) is 13.2. The Kier molecular flexibility index (Phi) is 4.25. The number of aryl methyl sites for hydroxylation is 1. The number of carboxylic acid groups (broad SMARTS) is 1. The summed E-state index contributed by atoms with van der Waals surface area (Å²) in [5.41, 5.74) is 0.292. The molecule has 0 spiro atoms. The summed E-state index contributed by atoms with van der Waals surface area (Å²) in [4.78, 5) is 22.6. The first-order chi connectivity index (χ1) is 7.91. The van der Waals surface area contributed by atoms with Gasteiger partial charge in [0.1, 0.15) is 5.69 Å². The summed E-state index contributed by atoms with van der Waals surface area (Å²) >= 11 is 0. The number of carboxylic acids is 1. The summed E-state index contributed by atoms with van der Waals surface area (Å²) in [5.74, 6) is -1.86. The van der Waals surface area contributed by atoms with Crippen LogP contribution in [0.5, 0.6) is 0 Å². The summed E-state index contributed by atoms with van der Waals surface area (Å²) < 4.78 is 1.52. The van der Waals surface area contributed by atoms with Crippen molar-refractivity contribution in [3.63, 3.8) is 0 Å². The van der Waals surface area contributed by atoms with Crippen molar-refractivity contribution in [3.05, 3.63) is 18.0 Å². The lowest BCUT2D eigenvalue weighted by atomic mass is 9.96. The fraction of sp³-hybridized carbons (Fsp3) is 0.545. The molecule has 6 heteroatoms. The van der Waals surface area contributed by atoms with Gasteiger partial charge in [-0.05, 0) is 12.0 Å². The zero-order chi connectivity index (χ0) is 13.0. The molecule has 1 amide bonds. The molecule has 0 aromatic carbocycles. The van der Waals surface area contributed by atoms with E-state index in [9.17, 15) is 9.59 Å².